The second kappa shape index (κ2) is 22.4. The van der Waals surface area contributed by atoms with Gasteiger partial charge in [-0.15, -0.1) is 0 Å². The molecule has 0 aromatic heterocycles. The lowest BCUT2D eigenvalue weighted by Crippen LogP contribution is -2.56. The lowest BCUT2D eigenvalue weighted by atomic mass is 9.57. The van der Waals surface area contributed by atoms with Crippen LogP contribution in [0.1, 0.15) is 181 Å². The summed E-state index contributed by atoms with van der Waals surface area (Å²) in [6.07, 6.45) is 21.4. The van der Waals surface area contributed by atoms with Gasteiger partial charge < -0.3 is 30.3 Å². The van der Waals surface area contributed by atoms with Gasteiger partial charge in [0.1, 0.15) is 11.5 Å². The molecule has 4 bridgehead atoms. The van der Waals surface area contributed by atoms with E-state index < -0.39 is 21.5 Å². The minimum absolute atomic E-state index is 0.0152. The number of aromatic hydroxyl groups is 1. The van der Waals surface area contributed by atoms with Crippen LogP contribution in [0.25, 0.3) is 21.5 Å². The number of phenolic OH excluding ortho intramolecular Hbond substituents is 1. The largest absolute Gasteiger partial charge is 0.508 e. The maximum absolute atomic E-state index is 12.1. The average molecular weight is 1040 g/mol. The number of ether oxygens (including phenoxy) is 2. The van der Waals surface area contributed by atoms with Crippen molar-refractivity contribution in [3.8, 4) is 11.5 Å². The highest BCUT2D eigenvalue weighted by atomic mass is 32.2. The Bertz CT molecular complexity index is 2660. The molecule has 0 amide bonds. The molecular formula is C62H88N2O9S. The number of carboxylic acid groups (broad SMARTS) is 1. The summed E-state index contributed by atoms with van der Waals surface area (Å²) < 4.78 is 38.4. The monoisotopic (exact) mass is 1040 g/mol. The molecule has 0 aliphatic heterocycles. The number of carbonyl (C=O) groups excluding carboxylic acids is 1. The second-order valence-electron chi connectivity index (χ2n) is 25.9. The fourth-order valence-electron chi connectivity index (χ4n) is 13.7. The van der Waals surface area contributed by atoms with Gasteiger partial charge in [-0.25, -0.2) is 0 Å². The summed E-state index contributed by atoms with van der Waals surface area (Å²) in [6.45, 7) is 15.5. The smallest absolute Gasteiger partial charge is 0.311 e. The van der Waals surface area contributed by atoms with Crippen molar-refractivity contribution in [2.75, 3.05) is 13.4 Å². The highest BCUT2D eigenvalue weighted by Crippen LogP contribution is 2.54. The Labute approximate surface area is 442 Å². The highest BCUT2D eigenvalue weighted by molar-refractivity contribution is 7.86. The van der Waals surface area contributed by atoms with E-state index in [-0.39, 0.29) is 28.6 Å². The molecule has 406 valence electrons. The van der Waals surface area contributed by atoms with Crippen molar-refractivity contribution < 1.29 is 41.9 Å². The molecule has 0 atom stereocenters. The van der Waals surface area contributed by atoms with E-state index in [4.69, 9.17) is 13.7 Å². The Morgan fingerprint density at radius 2 is 0.973 bits per heavy atom. The Morgan fingerprint density at radius 3 is 1.41 bits per heavy atom. The quantitative estimate of drug-likeness (QED) is 0.0790. The van der Waals surface area contributed by atoms with Gasteiger partial charge in [0.15, 0.2) is 0 Å². The van der Waals surface area contributed by atoms with Gasteiger partial charge in [-0.05, 0) is 220 Å². The van der Waals surface area contributed by atoms with Crippen LogP contribution in [0.15, 0.2) is 72.8 Å². The Balaban J connectivity index is 0.000000160. The van der Waals surface area contributed by atoms with E-state index in [1.54, 1.807) is 12.1 Å². The number of benzene rings is 4. The number of carboxylic acids is 1. The molecule has 4 N–H and O–H groups in total. The first-order chi connectivity index (χ1) is 34.9. The number of aliphatic carboxylic acids is 1. The molecule has 4 aromatic rings. The summed E-state index contributed by atoms with van der Waals surface area (Å²) in [5, 5.41) is 31.5. The van der Waals surface area contributed by atoms with E-state index >= 15 is 0 Å². The second-order valence-corrected chi connectivity index (χ2v) is 27.5. The zero-order valence-corrected chi connectivity index (χ0v) is 46.8. The SMILES string of the molecule is CC(C)(C)C1CCC(OS(C)(=O)=O)CC1.CC(C)(C)C1CCC(Oc2ccc3cc(CNC45CCC(C(=O)O)(CC4)CC5)ccc3c2)CC1.COC(=O)C12CCC(NCc3ccc4cc(O)ccc4c3)(CC1)CC2. The van der Waals surface area contributed by atoms with Crippen LogP contribution in [0.2, 0.25) is 0 Å². The molecular weight excluding hydrogens is 949 g/mol. The maximum atomic E-state index is 12.1. The highest BCUT2D eigenvalue weighted by Gasteiger charge is 2.54. The van der Waals surface area contributed by atoms with Crippen LogP contribution in [-0.4, -0.2) is 67.2 Å². The molecule has 0 spiro atoms. The summed E-state index contributed by atoms with van der Waals surface area (Å²) in [4.78, 5) is 23.8. The molecule has 4 aromatic carbocycles. The lowest BCUT2D eigenvalue weighted by Gasteiger charge is -2.52. The molecule has 0 saturated heterocycles. The van der Waals surface area contributed by atoms with Crippen molar-refractivity contribution >= 4 is 43.6 Å². The number of fused-ring (bicyclic) bond motifs is 8. The van der Waals surface area contributed by atoms with Gasteiger partial charge in [0.05, 0.1) is 36.4 Å². The standard InChI is InChI=1S/C30H41NO3.C21H25NO3.C11H22O3S/c1-28(2,3)24-7-10-25(11-8-24)34-26-9-6-22-18-21(4-5-23(22)19-26)20-31-30-15-12-29(13-16-30,14-17-30)27(32)33;1-25-19(24)20-6-9-21(10-7-20,11-8-20)22-14-15-2-3-17-13-18(23)5-4-16(17)12-15;1-11(2,3)9-5-7-10(8-6-9)14-15(4,12)13/h4-6,9,18-19,24-25,31H,7-8,10-17,20H2,1-3H3,(H,32,33);2-5,12-13,22-23H,6-11,14H2,1H3;9-10H,5-8H2,1-4H3. The van der Waals surface area contributed by atoms with Gasteiger partial charge in [0.2, 0.25) is 0 Å². The number of rotatable bonds is 12. The van der Waals surface area contributed by atoms with Gasteiger partial charge in [-0.2, -0.15) is 8.42 Å². The number of carbonyl (C=O) groups is 2. The van der Waals surface area contributed by atoms with E-state index in [0.29, 0.717) is 28.6 Å². The minimum atomic E-state index is -3.28. The molecule has 12 heteroatoms. The molecule has 0 heterocycles. The third kappa shape index (κ3) is 13.7. The molecule has 11 nitrogen and oxygen atoms in total. The Kier molecular flexibility index (Phi) is 16.9. The fourth-order valence-corrected chi connectivity index (χ4v) is 14.4. The molecule has 74 heavy (non-hydrogen) atoms. The van der Waals surface area contributed by atoms with Crippen LogP contribution >= 0.6 is 0 Å². The predicted molar refractivity (Wildman–Crippen MR) is 296 cm³/mol. The summed E-state index contributed by atoms with van der Waals surface area (Å²) in [5.41, 5.74) is 2.89. The van der Waals surface area contributed by atoms with Crippen molar-refractivity contribution in [3.05, 3.63) is 83.9 Å². The zero-order valence-electron chi connectivity index (χ0n) is 46.0. The van der Waals surface area contributed by atoms with Gasteiger partial charge in [-0.3, -0.25) is 13.8 Å². The number of phenols is 1. The summed E-state index contributed by atoms with van der Waals surface area (Å²) in [5.74, 6) is 2.18. The van der Waals surface area contributed by atoms with Crippen molar-refractivity contribution in [2.45, 2.75) is 206 Å². The van der Waals surface area contributed by atoms with E-state index in [0.717, 1.165) is 157 Å². The van der Waals surface area contributed by atoms with Gasteiger partial charge in [0.25, 0.3) is 10.1 Å². The van der Waals surface area contributed by atoms with Crippen LogP contribution < -0.4 is 15.4 Å². The van der Waals surface area contributed by atoms with E-state index in [2.05, 4.69) is 107 Å². The Hall–Kier alpha value is -4.23. The van der Waals surface area contributed by atoms with Crippen LogP contribution in [0.3, 0.4) is 0 Å². The number of nitrogens with one attached hydrogen (secondary N) is 2. The number of methoxy groups -OCH3 is 1. The van der Waals surface area contributed by atoms with Crippen molar-refractivity contribution in [3.63, 3.8) is 0 Å². The molecule has 8 aliphatic rings. The minimum Gasteiger partial charge on any atom is -0.508 e. The Morgan fingerprint density at radius 1 is 0.568 bits per heavy atom. The fraction of sp³-hybridized carbons (Fsp3) is 0.645. The molecule has 12 rings (SSSR count). The first kappa shape index (κ1) is 56.0. The molecule has 8 aliphatic carbocycles. The van der Waals surface area contributed by atoms with Crippen LogP contribution in [0.5, 0.6) is 11.5 Å². The van der Waals surface area contributed by atoms with E-state index in [1.807, 2.05) is 6.07 Å². The normalized spacial score (nSPS) is 29.9. The van der Waals surface area contributed by atoms with Crippen LogP contribution in [0.4, 0.5) is 0 Å². The topological polar surface area (TPSA) is 160 Å². The van der Waals surface area contributed by atoms with E-state index in [1.165, 1.54) is 41.9 Å². The van der Waals surface area contributed by atoms with Crippen molar-refractivity contribution in [2.24, 2.45) is 33.5 Å². The van der Waals surface area contributed by atoms with Crippen LogP contribution in [-0.2, 0) is 41.7 Å². The average Bonchev–Trinajstić information content (AvgIpc) is 3.38. The van der Waals surface area contributed by atoms with Crippen molar-refractivity contribution in [1.82, 2.24) is 10.6 Å². The third-order valence-corrected chi connectivity index (χ3v) is 19.7. The molecule has 0 unspecified atom stereocenters. The van der Waals surface area contributed by atoms with Crippen molar-refractivity contribution in [1.29, 1.82) is 0 Å². The molecule has 0 radical (unpaired) electrons. The first-order valence-corrected chi connectivity index (χ1v) is 29.8. The summed E-state index contributed by atoms with van der Waals surface area (Å²) >= 11 is 0. The van der Waals surface area contributed by atoms with Crippen LogP contribution in [0, 0.1) is 33.5 Å². The summed E-state index contributed by atoms with van der Waals surface area (Å²) in [7, 11) is -1.77. The number of hydrogen-bond donors (Lipinski definition) is 4. The van der Waals surface area contributed by atoms with Gasteiger partial charge in [0, 0.05) is 24.2 Å². The van der Waals surface area contributed by atoms with Gasteiger partial charge in [-0.1, -0.05) is 77.9 Å². The molecule has 8 fully saturated rings. The third-order valence-electron chi connectivity index (χ3n) is 19.1. The molecule has 8 saturated carbocycles. The van der Waals surface area contributed by atoms with E-state index in [9.17, 15) is 28.2 Å². The summed E-state index contributed by atoms with van der Waals surface area (Å²) in [6, 6.07) is 25.1. The maximum Gasteiger partial charge on any atom is 0.311 e. The number of hydrogen-bond acceptors (Lipinski definition) is 10. The zero-order chi connectivity index (χ0) is 53.2. The predicted octanol–water partition coefficient (Wildman–Crippen LogP) is 13.6. The first-order valence-electron chi connectivity index (χ1n) is 28.0. The number of esters is 1. The van der Waals surface area contributed by atoms with Gasteiger partial charge >= 0.3 is 11.9 Å². The lowest BCUT2D eigenvalue weighted by molar-refractivity contribution is -0.160.